The van der Waals surface area contributed by atoms with Gasteiger partial charge < -0.3 is 15.5 Å². The Morgan fingerprint density at radius 2 is 1.57 bits per heavy atom. The molecular formula is C22H30N4O2. The molecule has 2 aromatic rings. The van der Waals surface area contributed by atoms with E-state index >= 15 is 0 Å². The van der Waals surface area contributed by atoms with Crippen LogP contribution in [0.3, 0.4) is 0 Å². The molecular weight excluding hydrogens is 352 g/mol. The van der Waals surface area contributed by atoms with Crippen molar-refractivity contribution in [2.75, 3.05) is 29.9 Å². The second-order valence-electron chi connectivity index (χ2n) is 7.02. The monoisotopic (exact) mass is 382 g/mol. The highest BCUT2D eigenvalue weighted by Crippen LogP contribution is 2.18. The standard InChI is InChI=1S/C22H30N4O2/c1-5-26(6-2)18-12-10-17(11-13-18)24-22(28)20-9-7-8-19(25-20)21(27)23-15-14-16(3)4/h7-13,16H,5-6,14-15H2,1-4H3,(H,23,27)(H,24,28). The average Bonchev–Trinajstić information content (AvgIpc) is 2.70. The number of aromatic nitrogens is 1. The zero-order valence-electron chi connectivity index (χ0n) is 17.2. The van der Waals surface area contributed by atoms with E-state index in [1.807, 2.05) is 24.3 Å². The number of nitrogens with zero attached hydrogens (tertiary/aromatic N) is 2. The SMILES string of the molecule is CCN(CC)c1ccc(NC(=O)c2cccc(C(=O)NCCC(C)C)n2)cc1. The summed E-state index contributed by atoms with van der Waals surface area (Å²) in [5.74, 6) is -0.0928. The second-order valence-corrected chi connectivity index (χ2v) is 7.02. The number of benzene rings is 1. The predicted molar refractivity (Wildman–Crippen MR) is 114 cm³/mol. The summed E-state index contributed by atoms with van der Waals surface area (Å²) in [7, 11) is 0. The molecule has 6 heteroatoms. The normalized spacial score (nSPS) is 10.6. The maximum Gasteiger partial charge on any atom is 0.274 e. The van der Waals surface area contributed by atoms with Crippen molar-refractivity contribution >= 4 is 23.2 Å². The molecule has 1 heterocycles. The Morgan fingerprint density at radius 1 is 0.964 bits per heavy atom. The molecule has 1 aromatic carbocycles. The average molecular weight is 383 g/mol. The quantitative estimate of drug-likeness (QED) is 0.688. The molecule has 0 radical (unpaired) electrons. The van der Waals surface area contributed by atoms with E-state index < -0.39 is 0 Å². The first-order valence-corrected chi connectivity index (χ1v) is 9.86. The van der Waals surface area contributed by atoms with Gasteiger partial charge in [-0.3, -0.25) is 9.59 Å². The van der Waals surface area contributed by atoms with Gasteiger partial charge in [0.1, 0.15) is 11.4 Å². The smallest absolute Gasteiger partial charge is 0.274 e. The zero-order valence-corrected chi connectivity index (χ0v) is 17.2. The number of rotatable bonds is 9. The van der Waals surface area contributed by atoms with Crippen LogP contribution in [0.4, 0.5) is 11.4 Å². The minimum Gasteiger partial charge on any atom is -0.372 e. The van der Waals surface area contributed by atoms with Crippen LogP contribution in [-0.2, 0) is 0 Å². The van der Waals surface area contributed by atoms with Gasteiger partial charge in [-0.2, -0.15) is 0 Å². The van der Waals surface area contributed by atoms with Crippen molar-refractivity contribution in [1.82, 2.24) is 10.3 Å². The first kappa shape index (κ1) is 21.4. The number of hydrogen-bond donors (Lipinski definition) is 2. The van der Waals surface area contributed by atoms with E-state index in [1.54, 1.807) is 18.2 Å². The zero-order chi connectivity index (χ0) is 20.5. The summed E-state index contributed by atoms with van der Waals surface area (Å²) < 4.78 is 0. The maximum absolute atomic E-state index is 12.5. The molecule has 2 N–H and O–H groups in total. The van der Waals surface area contributed by atoms with Gasteiger partial charge in [0.15, 0.2) is 0 Å². The van der Waals surface area contributed by atoms with E-state index in [2.05, 4.69) is 48.2 Å². The Hall–Kier alpha value is -2.89. The van der Waals surface area contributed by atoms with Gasteiger partial charge in [-0.05, 0) is 62.6 Å². The minimum atomic E-state index is -0.340. The van der Waals surface area contributed by atoms with Crippen molar-refractivity contribution in [3.63, 3.8) is 0 Å². The number of hydrogen-bond acceptors (Lipinski definition) is 4. The molecule has 2 rings (SSSR count). The number of carbonyl (C=O) groups is 2. The lowest BCUT2D eigenvalue weighted by Crippen LogP contribution is -2.27. The molecule has 2 amide bonds. The van der Waals surface area contributed by atoms with E-state index in [4.69, 9.17) is 0 Å². The number of carbonyl (C=O) groups excluding carboxylic acids is 2. The Balaban J connectivity index is 2.01. The van der Waals surface area contributed by atoms with Crippen molar-refractivity contribution in [1.29, 1.82) is 0 Å². The summed E-state index contributed by atoms with van der Waals surface area (Å²) in [5, 5.41) is 5.67. The lowest BCUT2D eigenvalue weighted by molar-refractivity contribution is 0.0947. The van der Waals surface area contributed by atoms with Crippen LogP contribution in [-0.4, -0.2) is 36.4 Å². The van der Waals surface area contributed by atoms with Gasteiger partial charge >= 0.3 is 0 Å². The van der Waals surface area contributed by atoms with Crippen LogP contribution in [0.25, 0.3) is 0 Å². The number of nitrogens with one attached hydrogen (secondary N) is 2. The number of amides is 2. The summed E-state index contributed by atoms with van der Waals surface area (Å²) in [6.07, 6.45) is 0.898. The Kier molecular flexibility index (Phi) is 7.99. The van der Waals surface area contributed by atoms with Gasteiger partial charge in [0, 0.05) is 31.0 Å². The van der Waals surface area contributed by atoms with E-state index in [9.17, 15) is 9.59 Å². The van der Waals surface area contributed by atoms with Crippen molar-refractivity contribution in [3.05, 3.63) is 53.9 Å². The first-order chi connectivity index (χ1) is 13.4. The highest BCUT2D eigenvalue weighted by atomic mass is 16.2. The molecule has 0 unspecified atom stereocenters. The van der Waals surface area contributed by atoms with E-state index in [0.717, 1.165) is 25.2 Å². The van der Waals surface area contributed by atoms with Crippen LogP contribution in [0.2, 0.25) is 0 Å². The summed E-state index contributed by atoms with van der Waals surface area (Å²) in [6.45, 7) is 10.9. The van der Waals surface area contributed by atoms with Crippen LogP contribution in [0.5, 0.6) is 0 Å². The van der Waals surface area contributed by atoms with Crippen LogP contribution in [0.15, 0.2) is 42.5 Å². The molecule has 0 spiro atoms. The first-order valence-electron chi connectivity index (χ1n) is 9.86. The summed E-state index contributed by atoms with van der Waals surface area (Å²) >= 11 is 0. The Morgan fingerprint density at radius 3 is 2.14 bits per heavy atom. The largest absolute Gasteiger partial charge is 0.372 e. The topological polar surface area (TPSA) is 74.3 Å². The minimum absolute atomic E-state index is 0.212. The van der Waals surface area contributed by atoms with Gasteiger partial charge in [-0.15, -0.1) is 0 Å². The van der Waals surface area contributed by atoms with Crippen molar-refractivity contribution in [2.24, 2.45) is 5.92 Å². The number of pyridine rings is 1. The van der Waals surface area contributed by atoms with Crippen molar-refractivity contribution in [2.45, 2.75) is 34.1 Å². The van der Waals surface area contributed by atoms with E-state index in [1.165, 1.54) is 0 Å². The maximum atomic E-state index is 12.5. The second kappa shape index (κ2) is 10.4. The van der Waals surface area contributed by atoms with Crippen molar-refractivity contribution < 1.29 is 9.59 Å². The molecule has 0 fully saturated rings. The van der Waals surface area contributed by atoms with Gasteiger partial charge in [-0.1, -0.05) is 19.9 Å². The third-order valence-electron chi connectivity index (χ3n) is 4.48. The van der Waals surface area contributed by atoms with Gasteiger partial charge in [0.25, 0.3) is 11.8 Å². The third-order valence-corrected chi connectivity index (χ3v) is 4.48. The third kappa shape index (κ3) is 6.08. The predicted octanol–water partition coefficient (Wildman–Crippen LogP) is 3.96. The Labute approximate surface area is 167 Å². The molecule has 0 saturated carbocycles. The molecule has 0 atom stereocenters. The lowest BCUT2D eigenvalue weighted by atomic mass is 10.1. The molecule has 0 aliphatic rings. The fourth-order valence-corrected chi connectivity index (χ4v) is 2.79. The van der Waals surface area contributed by atoms with Crippen LogP contribution >= 0.6 is 0 Å². The molecule has 0 saturated heterocycles. The molecule has 1 aromatic heterocycles. The molecule has 6 nitrogen and oxygen atoms in total. The molecule has 28 heavy (non-hydrogen) atoms. The van der Waals surface area contributed by atoms with E-state index in [0.29, 0.717) is 18.2 Å². The Bertz CT molecular complexity index is 783. The fourth-order valence-electron chi connectivity index (χ4n) is 2.79. The van der Waals surface area contributed by atoms with Gasteiger partial charge in [0.05, 0.1) is 0 Å². The molecule has 0 aliphatic carbocycles. The fraction of sp³-hybridized carbons (Fsp3) is 0.409. The van der Waals surface area contributed by atoms with Crippen LogP contribution in [0, 0.1) is 5.92 Å². The summed E-state index contributed by atoms with van der Waals surface area (Å²) in [5.41, 5.74) is 2.26. The summed E-state index contributed by atoms with van der Waals surface area (Å²) in [4.78, 5) is 31.2. The molecule has 0 bridgehead atoms. The van der Waals surface area contributed by atoms with Gasteiger partial charge in [0.2, 0.25) is 0 Å². The summed E-state index contributed by atoms with van der Waals surface area (Å²) in [6, 6.07) is 12.6. The lowest BCUT2D eigenvalue weighted by Gasteiger charge is -2.21. The highest BCUT2D eigenvalue weighted by molar-refractivity contribution is 6.03. The molecule has 0 aliphatic heterocycles. The van der Waals surface area contributed by atoms with Crippen molar-refractivity contribution in [3.8, 4) is 0 Å². The van der Waals surface area contributed by atoms with Gasteiger partial charge in [-0.25, -0.2) is 4.98 Å². The van der Waals surface area contributed by atoms with E-state index in [-0.39, 0.29) is 23.2 Å². The van der Waals surface area contributed by atoms with Crippen LogP contribution in [0.1, 0.15) is 55.1 Å². The highest BCUT2D eigenvalue weighted by Gasteiger charge is 2.13. The number of anilines is 2. The molecule has 150 valence electrons. The van der Waals surface area contributed by atoms with Crippen LogP contribution < -0.4 is 15.5 Å².